The predicted octanol–water partition coefficient (Wildman–Crippen LogP) is 3.40. The molecule has 4 atom stereocenters. The Balaban J connectivity index is 0.00000162. The Bertz CT molecular complexity index is 390. The molecule has 0 unspecified atom stereocenters. The van der Waals surface area contributed by atoms with Crippen molar-refractivity contribution in [2.24, 2.45) is 23.2 Å². The first-order valence-corrected chi connectivity index (χ1v) is 6.65. The number of carbonyl (C=O) groups excluding carboxylic acids is 1. The summed E-state index contributed by atoms with van der Waals surface area (Å²) in [7, 11) is 0. The second kappa shape index (κ2) is 6.49. The van der Waals surface area contributed by atoms with Crippen LogP contribution >= 0.6 is 0 Å². The summed E-state index contributed by atoms with van der Waals surface area (Å²) < 4.78 is 0. The van der Waals surface area contributed by atoms with Gasteiger partial charge in [0.15, 0.2) is 6.29 Å². The molecule has 2 heteroatoms. The van der Waals surface area contributed by atoms with Crippen molar-refractivity contribution in [3.05, 3.63) is 12.2 Å². The molecule has 2 rings (SSSR count). The van der Waals surface area contributed by atoms with Gasteiger partial charge in [0, 0.05) is 38.6 Å². The van der Waals surface area contributed by atoms with Crippen LogP contribution in [-0.2, 0) is 37.5 Å². The van der Waals surface area contributed by atoms with Crippen molar-refractivity contribution in [2.45, 2.75) is 46.0 Å². The molecule has 0 aromatic rings. The molecule has 0 amide bonds. The first-order chi connectivity index (χ1) is 8.09. The third-order valence-electron chi connectivity index (χ3n) is 5.01. The molecule has 0 heterocycles. The molecule has 0 aromatic carbocycles. The Morgan fingerprint density at radius 1 is 1.50 bits per heavy atom. The third-order valence-corrected chi connectivity index (χ3v) is 5.01. The summed E-state index contributed by atoms with van der Waals surface area (Å²) in [5.41, 5.74) is 1.52. The SMILES string of the molecule is [CH-]=C1CCC[C@]2(C)[C@@H]([C@@H](C)C#CC=O)CC[C@@H]12.[Y]. The third kappa shape index (κ3) is 2.81. The van der Waals surface area contributed by atoms with E-state index in [-0.39, 0.29) is 32.7 Å². The molecule has 0 aromatic heterocycles. The van der Waals surface area contributed by atoms with Gasteiger partial charge in [-0.25, -0.2) is 0 Å². The van der Waals surface area contributed by atoms with E-state index in [1.807, 2.05) is 0 Å². The molecule has 2 aliphatic carbocycles. The van der Waals surface area contributed by atoms with E-state index in [1.54, 1.807) is 0 Å². The molecule has 0 saturated heterocycles. The molecule has 2 aliphatic rings. The van der Waals surface area contributed by atoms with Gasteiger partial charge in [0.25, 0.3) is 0 Å². The average molecular weight is 318 g/mol. The van der Waals surface area contributed by atoms with Gasteiger partial charge in [0.2, 0.25) is 0 Å². The Morgan fingerprint density at radius 2 is 2.22 bits per heavy atom. The van der Waals surface area contributed by atoms with Gasteiger partial charge in [0.1, 0.15) is 0 Å². The maximum absolute atomic E-state index is 10.3. The van der Waals surface area contributed by atoms with Gasteiger partial charge in [0.05, 0.1) is 0 Å². The zero-order chi connectivity index (χ0) is 12.5. The summed E-state index contributed by atoms with van der Waals surface area (Å²) in [5.74, 6) is 7.15. The summed E-state index contributed by atoms with van der Waals surface area (Å²) in [6.07, 6.45) is 6.68. The van der Waals surface area contributed by atoms with Crippen molar-refractivity contribution in [3.63, 3.8) is 0 Å². The second-order valence-corrected chi connectivity index (χ2v) is 5.87. The number of hydrogen-bond donors (Lipinski definition) is 0. The molecule has 2 fully saturated rings. The van der Waals surface area contributed by atoms with Crippen LogP contribution in [0.1, 0.15) is 46.0 Å². The maximum Gasteiger partial charge on any atom is 0.192 e. The van der Waals surface area contributed by atoms with Crippen LogP contribution in [0.2, 0.25) is 0 Å². The van der Waals surface area contributed by atoms with Crippen LogP contribution in [0, 0.1) is 41.6 Å². The van der Waals surface area contributed by atoms with Crippen molar-refractivity contribution in [1.82, 2.24) is 0 Å². The van der Waals surface area contributed by atoms with Crippen molar-refractivity contribution in [1.29, 1.82) is 0 Å². The first-order valence-electron chi connectivity index (χ1n) is 6.65. The summed E-state index contributed by atoms with van der Waals surface area (Å²) >= 11 is 0. The first kappa shape index (κ1) is 16.1. The minimum Gasteiger partial charge on any atom is -0.514 e. The fraction of sp³-hybridized carbons (Fsp3) is 0.688. The molecule has 1 radical (unpaired) electrons. The van der Waals surface area contributed by atoms with E-state index in [2.05, 4.69) is 25.7 Å². The minimum atomic E-state index is 0. The van der Waals surface area contributed by atoms with Crippen LogP contribution in [0.15, 0.2) is 5.57 Å². The van der Waals surface area contributed by atoms with Crippen LogP contribution in [0.5, 0.6) is 0 Å². The van der Waals surface area contributed by atoms with Crippen molar-refractivity contribution in [2.75, 3.05) is 0 Å². The molecule has 1 nitrogen and oxygen atoms in total. The topological polar surface area (TPSA) is 17.1 Å². The maximum atomic E-state index is 10.3. The number of carbonyl (C=O) groups is 1. The number of aldehydes is 1. The summed E-state index contributed by atoms with van der Waals surface area (Å²) in [4.78, 5) is 10.3. The van der Waals surface area contributed by atoms with Gasteiger partial charge in [-0.1, -0.05) is 32.6 Å². The number of fused-ring (bicyclic) bond motifs is 1. The van der Waals surface area contributed by atoms with Crippen LogP contribution in [-0.4, -0.2) is 6.29 Å². The van der Waals surface area contributed by atoms with Crippen LogP contribution in [0.3, 0.4) is 0 Å². The zero-order valence-corrected chi connectivity index (χ0v) is 14.2. The predicted molar refractivity (Wildman–Crippen MR) is 69.0 cm³/mol. The zero-order valence-electron chi connectivity index (χ0n) is 11.4. The molecular formula is C16H21OY-. The number of rotatable bonds is 1. The molecular weight excluding hydrogens is 297 g/mol. The Kier molecular flexibility index (Phi) is 5.81. The van der Waals surface area contributed by atoms with Crippen molar-refractivity contribution >= 4 is 6.29 Å². The Labute approximate surface area is 136 Å². The summed E-state index contributed by atoms with van der Waals surface area (Å²) in [6, 6.07) is 0. The van der Waals surface area contributed by atoms with Gasteiger partial charge in [-0.05, 0) is 42.4 Å². The second-order valence-electron chi connectivity index (χ2n) is 5.87. The van der Waals surface area contributed by atoms with Gasteiger partial charge in [-0.15, -0.1) is 0 Å². The molecule has 2 saturated carbocycles. The number of allylic oxidation sites excluding steroid dienone is 1. The van der Waals surface area contributed by atoms with E-state index in [9.17, 15) is 4.79 Å². The van der Waals surface area contributed by atoms with E-state index < -0.39 is 0 Å². The smallest absolute Gasteiger partial charge is 0.192 e. The van der Waals surface area contributed by atoms with Crippen molar-refractivity contribution < 1.29 is 37.5 Å². The summed E-state index contributed by atoms with van der Waals surface area (Å²) in [5, 5.41) is 0. The standard InChI is InChI=1S/C16H21O.Y/c1-12-6-4-10-16(3)14(12)8-9-15(16)13(2)7-5-11-17;/h1,11,13-15H,4,6,8-10H2,2-3H3;/q-1;/t13-,14-,15+,16-;/m0./s1. The van der Waals surface area contributed by atoms with Crippen LogP contribution in [0.4, 0.5) is 0 Å². The molecule has 95 valence electrons. The number of hydrogen-bond acceptors (Lipinski definition) is 1. The van der Waals surface area contributed by atoms with Gasteiger partial charge < -0.3 is 6.58 Å². The quantitative estimate of drug-likeness (QED) is 0.411. The van der Waals surface area contributed by atoms with E-state index in [4.69, 9.17) is 6.58 Å². The molecule has 0 bridgehead atoms. The van der Waals surface area contributed by atoms with Gasteiger partial charge in [-0.3, -0.25) is 10.4 Å². The fourth-order valence-electron chi connectivity index (χ4n) is 4.17. The van der Waals surface area contributed by atoms with Crippen molar-refractivity contribution in [3.8, 4) is 11.8 Å². The largest absolute Gasteiger partial charge is 0.514 e. The summed E-state index contributed by atoms with van der Waals surface area (Å²) in [6.45, 7) is 10.7. The normalized spacial score (nSPS) is 35.8. The monoisotopic (exact) mass is 318 g/mol. The van der Waals surface area contributed by atoms with Gasteiger partial charge >= 0.3 is 0 Å². The van der Waals surface area contributed by atoms with E-state index in [0.717, 1.165) is 6.42 Å². The van der Waals surface area contributed by atoms with Crippen LogP contribution < -0.4 is 0 Å². The Morgan fingerprint density at radius 3 is 2.89 bits per heavy atom. The Hall–Kier alpha value is 0.0739. The van der Waals surface area contributed by atoms with E-state index >= 15 is 0 Å². The van der Waals surface area contributed by atoms with E-state index in [0.29, 0.717) is 29.5 Å². The molecule has 18 heavy (non-hydrogen) atoms. The average Bonchev–Trinajstić information content (AvgIpc) is 2.64. The minimum absolute atomic E-state index is 0. The fourth-order valence-corrected chi connectivity index (χ4v) is 4.17. The van der Waals surface area contributed by atoms with Crippen LogP contribution in [0.25, 0.3) is 0 Å². The molecule has 0 N–H and O–H groups in total. The van der Waals surface area contributed by atoms with E-state index in [1.165, 1.54) is 31.3 Å². The van der Waals surface area contributed by atoms with Gasteiger partial charge in [-0.2, -0.15) is 0 Å². The molecule has 0 spiro atoms. The molecule has 0 aliphatic heterocycles.